The Morgan fingerprint density at radius 2 is 1.82 bits per heavy atom. The van der Waals surface area contributed by atoms with Crippen LogP contribution in [0.3, 0.4) is 0 Å². The predicted molar refractivity (Wildman–Crippen MR) is 75.1 cm³/mol. The molecule has 0 spiro atoms. The summed E-state index contributed by atoms with van der Waals surface area (Å²) in [6.45, 7) is 11.0. The lowest BCUT2D eigenvalue weighted by Gasteiger charge is -2.08. The topological polar surface area (TPSA) is 12.0 Å². The van der Waals surface area contributed by atoms with Crippen LogP contribution in [-0.2, 0) is 13.0 Å². The van der Waals surface area contributed by atoms with Gasteiger partial charge in [0.05, 0.1) is 0 Å². The van der Waals surface area contributed by atoms with Crippen molar-refractivity contribution in [1.82, 2.24) is 5.32 Å². The van der Waals surface area contributed by atoms with E-state index in [0.29, 0.717) is 6.04 Å². The number of hydrogen-bond acceptors (Lipinski definition) is 1. The van der Waals surface area contributed by atoms with E-state index in [-0.39, 0.29) is 0 Å². The molecule has 0 saturated carbocycles. The van der Waals surface area contributed by atoms with E-state index >= 15 is 0 Å². The molecule has 1 aromatic carbocycles. The largest absolute Gasteiger partial charge is 0.310 e. The zero-order valence-corrected chi connectivity index (χ0v) is 11.2. The molecule has 1 rings (SSSR count). The maximum atomic E-state index is 3.66. The molecule has 0 saturated heterocycles. The molecule has 0 radical (unpaired) electrons. The van der Waals surface area contributed by atoms with Gasteiger partial charge in [-0.25, -0.2) is 0 Å². The van der Waals surface area contributed by atoms with Crippen molar-refractivity contribution in [2.45, 2.75) is 46.2 Å². The minimum absolute atomic E-state index is 0.537. The van der Waals surface area contributed by atoms with Crippen LogP contribution >= 0.6 is 0 Å². The molecule has 0 heterocycles. The van der Waals surface area contributed by atoms with Gasteiger partial charge in [-0.2, -0.15) is 0 Å². The van der Waals surface area contributed by atoms with Crippen LogP contribution in [0, 0.1) is 0 Å². The molecule has 0 amide bonds. The molecule has 92 valence electrons. The Morgan fingerprint density at radius 1 is 1.24 bits per heavy atom. The molecule has 0 atom stereocenters. The number of benzene rings is 1. The minimum atomic E-state index is 0.537. The molecule has 0 aliphatic rings. The van der Waals surface area contributed by atoms with Gasteiger partial charge in [0.15, 0.2) is 0 Å². The van der Waals surface area contributed by atoms with Crippen LogP contribution in [0.4, 0.5) is 0 Å². The van der Waals surface area contributed by atoms with E-state index in [0.717, 1.165) is 19.4 Å². The third-order valence-electron chi connectivity index (χ3n) is 2.83. The maximum absolute atomic E-state index is 3.66. The fourth-order valence-electron chi connectivity index (χ4n) is 1.57. The van der Waals surface area contributed by atoms with Crippen molar-refractivity contribution in [3.05, 3.63) is 53.3 Å². The Hall–Kier alpha value is -1.30. The highest BCUT2D eigenvalue weighted by atomic mass is 14.9. The van der Waals surface area contributed by atoms with Gasteiger partial charge < -0.3 is 5.32 Å². The van der Waals surface area contributed by atoms with Crippen molar-refractivity contribution in [3.63, 3.8) is 0 Å². The van der Waals surface area contributed by atoms with Crippen molar-refractivity contribution in [1.29, 1.82) is 0 Å². The van der Waals surface area contributed by atoms with Gasteiger partial charge in [0.1, 0.15) is 0 Å². The highest BCUT2D eigenvalue weighted by Crippen LogP contribution is 2.09. The Balaban J connectivity index is 2.47. The highest BCUT2D eigenvalue weighted by molar-refractivity contribution is 5.23. The van der Waals surface area contributed by atoms with E-state index in [9.17, 15) is 0 Å². The van der Waals surface area contributed by atoms with Crippen LogP contribution < -0.4 is 5.32 Å². The van der Waals surface area contributed by atoms with Gasteiger partial charge in [0, 0.05) is 12.6 Å². The first-order valence-electron chi connectivity index (χ1n) is 6.28. The normalized spacial score (nSPS) is 10.4. The van der Waals surface area contributed by atoms with Crippen LogP contribution in [0.5, 0.6) is 0 Å². The fourth-order valence-corrected chi connectivity index (χ4v) is 1.57. The van der Waals surface area contributed by atoms with Crippen molar-refractivity contribution in [2.75, 3.05) is 0 Å². The predicted octanol–water partition coefficient (Wildman–Crippen LogP) is 3.85. The second-order valence-corrected chi connectivity index (χ2v) is 4.81. The Labute approximate surface area is 105 Å². The number of aryl methyl sites for hydroxylation is 1. The van der Waals surface area contributed by atoms with E-state index in [4.69, 9.17) is 0 Å². The zero-order valence-electron chi connectivity index (χ0n) is 11.2. The zero-order chi connectivity index (χ0) is 12.7. The van der Waals surface area contributed by atoms with E-state index in [1.807, 2.05) is 0 Å². The van der Waals surface area contributed by atoms with Gasteiger partial charge in [-0.1, -0.05) is 44.7 Å². The van der Waals surface area contributed by atoms with E-state index < -0.39 is 0 Å². The summed E-state index contributed by atoms with van der Waals surface area (Å²) in [6.07, 6.45) is 2.12. The molecule has 0 unspecified atom stereocenters. The van der Waals surface area contributed by atoms with Crippen molar-refractivity contribution < 1.29 is 0 Å². The standard InChI is InChI=1S/C16H23N/c1-5-14(4)6-7-15-8-10-16(11-9-15)12-17-13(2)3/h8-11,13,17H,1,6-7,12H2,2-4H3. The maximum Gasteiger partial charge on any atom is 0.0207 e. The fraction of sp³-hybridized carbons (Fsp3) is 0.438. The summed E-state index contributed by atoms with van der Waals surface area (Å²) in [7, 11) is 0. The first-order valence-corrected chi connectivity index (χ1v) is 6.28. The summed E-state index contributed by atoms with van der Waals surface area (Å²) in [4.78, 5) is 0. The van der Waals surface area contributed by atoms with Crippen molar-refractivity contribution in [3.8, 4) is 0 Å². The molecule has 0 aliphatic carbocycles. The monoisotopic (exact) mass is 229 g/mol. The molecular formula is C16H23N. The third kappa shape index (κ3) is 5.53. The Morgan fingerprint density at radius 3 is 2.35 bits per heavy atom. The summed E-state index contributed by atoms with van der Waals surface area (Å²) >= 11 is 0. The summed E-state index contributed by atoms with van der Waals surface area (Å²) in [6, 6.07) is 9.38. The van der Waals surface area contributed by atoms with E-state index in [1.54, 1.807) is 0 Å². The lowest BCUT2D eigenvalue weighted by Crippen LogP contribution is -2.21. The first kappa shape index (κ1) is 13.8. The lowest BCUT2D eigenvalue weighted by atomic mass is 10.0. The molecule has 17 heavy (non-hydrogen) atoms. The van der Waals surface area contributed by atoms with E-state index in [1.165, 1.54) is 16.7 Å². The summed E-state index contributed by atoms with van der Waals surface area (Å²) < 4.78 is 0. The van der Waals surface area contributed by atoms with Gasteiger partial charge in [-0.05, 0) is 36.5 Å². The number of allylic oxidation sites excluding steroid dienone is 1. The third-order valence-corrected chi connectivity index (χ3v) is 2.83. The lowest BCUT2D eigenvalue weighted by molar-refractivity contribution is 0.589. The highest BCUT2D eigenvalue weighted by Gasteiger charge is 1.97. The molecule has 0 bridgehead atoms. The van der Waals surface area contributed by atoms with Gasteiger partial charge >= 0.3 is 0 Å². The van der Waals surface area contributed by atoms with Crippen LogP contribution in [0.25, 0.3) is 0 Å². The Kier molecular flexibility index (Phi) is 5.76. The smallest absolute Gasteiger partial charge is 0.0207 e. The molecule has 1 aromatic rings. The molecule has 0 fully saturated rings. The molecular weight excluding hydrogens is 206 g/mol. The van der Waals surface area contributed by atoms with Gasteiger partial charge in [-0.15, -0.1) is 5.73 Å². The van der Waals surface area contributed by atoms with Crippen molar-refractivity contribution >= 4 is 0 Å². The Bertz CT molecular complexity index is 380. The van der Waals surface area contributed by atoms with Crippen LogP contribution in [-0.4, -0.2) is 6.04 Å². The molecule has 0 aromatic heterocycles. The quantitative estimate of drug-likeness (QED) is 0.731. The number of rotatable bonds is 6. The number of hydrogen-bond donors (Lipinski definition) is 1. The van der Waals surface area contributed by atoms with Crippen molar-refractivity contribution in [2.24, 2.45) is 0 Å². The second kappa shape index (κ2) is 7.11. The molecule has 1 heteroatoms. The van der Waals surface area contributed by atoms with Gasteiger partial charge in [-0.3, -0.25) is 0 Å². The van der Waals surface area contributed by atoms with Crippen LogP contribution in [0.15, 0.2) is 42.1 Å². The van der Waals surface area contributed by atoms with Crippen LogP contribution in [0.1, 0.15) is 38.3 Å². The SMILES string of the molecule is C=C=C(C)CCc1ccc(CNC(C)C)cc1. The van der Waals surface area contributed by atoms with Gasteiger partial charge in [0.2, 0.25) is 0 Å². The number of nitrogens with one attached hydrogen (secondary N) is 1. The van der Waals surface area contributed by atoms with Crippen LogP contribution in [0.2, 0.25) is 0 Å². The minimum Gasteiger partial charge on any atom is -0.310 e. The van der Waals surface area contributed by atoms with E-state index in [2.05, 4.69) is 62.7 Å². The summed E-state index contributed by atoms with van der Waals surface area (Å²) in [5, 5.41) is 3.42. The average Bonchev–Trinajstić information content (AvgIpc) is 2.34. The molecule has 1 nitrogen and oxygen atoms in total. The second-order valence-electron chi connectivity index (χ2n) is 4.81. The molecule has 0 aliphatic heterocycles. The first-order chi connectivity index (χ1) is 8.11. The average molecular weight is 229 g/mol. The summed E-state index contributed by atoms with van der Waals surface area (Å²) in [5.74, 6) is 0. The van der Waals surface area contributed by atoms with Gasteiger partial charge in [0.25, 0.3) is 0 Å². The molecule has 1 N–H and O–H groups in total. The summed E-state index contributed by atoms with van der Waals surface area (Å²) in [5.41, 5.74) is 6.90.